The van der Waals surface area contributed by atoms with E-state index in [-0.39, 0.29) is 5.92 Å². The number of Topliss-reactive ketones (excluding diaryl/α,β-unsaturated/α-hetero) is 1. The van der Waals surface area contributed by atoms with E-state index in [1.807, 2.05) is 12.1 Å². The van der Waals surface area contributed by atoms with Crippen LogP contribution in [0.2, 0.25) is 0 Å². The Morgan fingerprint density at radius 2 is 2.16 bits per heavy atom. The van der Waals surface area contributed by atoms with E-state index >= 15 is 0 Å². The molecule has 19 heavy (non-hydrogen) atoms. The van der Waals surface area contributed by atoms with Gasteiger partial charge in [0.2, 0.25) is 5.88 Å². The van der Waals surface area contributed by atoms with Crippen LogP contribution in [-0.4, -0.2) is 17.9 Å². The van der Waals surface area contributed by atoms with Gasteiger partial charge in [-0.1, -0.05) is 32.3 Å². The molecule has 1 fully saturated rings. The molecule has 1 saturated carbocycles. The highest BCUT2D eigenvalue weighted by molar-refractivity contribution is 5.83. The van der Waals surface area contributed by atoms with Crippen molar-refractivity contribution in [1.82, 2.24) is 4.98 Å². The molecular weight excluding hydrogens is 238 g/mol. The van der Waals surface area contributed by atoms with E-state index in [1.165, 1.54) is 19.3 Å². The van der Waals surface area contributed by atoms with Crippen molar-refractivity contribution in [1.29, 1.82) is 0 Å². The number of methoxy groups -OCH3 is 1. The molecule has 1 aromatic rings. The van der Waals surface area contributed by atoms with E-state index in [1.54, 1.807) is 13.3 Å². The van der Waals surface area contributed by atoms with Gasteiger partial charge in [-0.15, -0.1) is 0 Å². The summed E-state index contributed by atoms with van der Waals surface area (Å²) in [6.45, 7) is 2.20. The number of hydrogen-bond acceptors (Lipinski definition) is 3. The predicted molar refractivity (Wildman–Crippen MR) is 75.2 cm³/mol. The van der Waals surface area contributed by atoms with Gasteiger partial charge in [-0.05, 0) is 24.3 Å². The molecule has 1 aromatic heterocycles. The molecule has 0 saturated heterocycles. The van der Waals surface area contributed by atoms with E-state index < -0.39 is 0 Å². The van der Waals surface area contributed by atoms with Crippen LogP contribution in [0.1, 0.15) is 44.6 Å². The monoisotopic (exact) mass is 261 g/mol. The minimum Gasteiger partial charge on any atom is -0.481 e. The van der Waals surface area contributed by atoms with Crippen LogP contribution in [0.15, 0.2) is 18.3 Å². The van der Waals surface area contributed by atoms with E-state index in [0.717, 1.165) is 18.4 Å². The van der Waals surface area contributed by atoms with Gasteiger partial charge in [0, 0.05) is 24.6 Å². The number of carbonyl (C=O) groups is 1. The number of rotatable bonds is 5. The molecule has 2 unspecified atom stereocenters. The summed E-state index contributed by atoms with van der Waals surface area (Å²) in [6, 6.07) is 3.76. The van der Waals surface area contributed by atoms with E-state index in [0.29, 0.717) is 24.0 Å². The Kier molecular flexibility index (Phi) is 4.94. The Labute approximate surface area is 115 Å². The zero-order valence-electron chi connectivity index (χ0n) is 11.9. The van der Waals surface area contributed by atoms with Crippen LogP contribution in [0.3, 0.4) is 0 Å². The maximum absolute atomic E-state index is 12.4. The molecule has 0 N–H and O–H groups in total. The average molecular weight is 261 g/mol. The van der Waals surface area contributed by atoms with Crippen LogP contribution in [0, 0.1) is 11.8 Å². The lowest BCUT2D eigenvalue weighted by Gasteiger charge is -2.29. The van der Waals surface area contributed by atoms with Gasteiger partial charge in [-0.2, -0.15) is 0 Å². The third kappa shape index (κ3) is 3.55. The molecule has 1 aliphatic carbocycles. The number of ketones is 1. The largest absolute Gasteiger partial charge is 0.481 e. The van der Waals surface area contributed by atoms with Crippen molar-refractivity contribution in [3.63, 3.8) is 0 Å². The summed E-state index contributed by atoms with van der Waals surface area (Å²) in [5, 5.41) is 0. The molecule has 0 spiro atoms. The van der Waals surface area contributed by atoms with Crippen molar-refractivity contribution in [3.8, 4) is 5.88 Å². The van der Waals surface area contributed by atoms with Gasteiger partial charge >= 0.3 is 0 Å². The maximum Gasteiger partial charge on any atom is 0.212 e. The molecule has 0 bridgehead atoms. The zero-order valence-corrected chi connectivity index (χ0v) is 11.9. The molecule has 0 amide bonds. The van der Waals surface area contributed by atoms with Crippen molar-refractivity contribution in [2.75, 3.05) is 7.11 Å². The van der Waals surface area contributed by atoms with Crippen LogP contribution in [-0.2, 0) is 11.2 Å². The fourth-order valence-electron chi connectivity index (χ4n) is 3.09. The predicted octanol–water partition coefficient (Wildman–Crippen LogP) is 3.42. The highest BCUT2D eigenvalue weighted by Crippen LogP contribution is 2.33. The van der Waals surface area contributed by atoms with Gasteiger partial charge in [-0.3, -0.25) is 4.79 Å². The number of aromatic nitrogens is 1. The van der Waals surface area contributed by atoms with E-state index in [9.17, 15) is 4.79 Å². The summed E-state index contributed by atoms with van der Waals surface area (Å²) in [6.07, 6.45) is 8.16. The lowest BCUT2D eigenvalue weighted by Crippen LogP contribution is -2.28. The second-order valence-electron chi connectivity index (χ2n) is 5.41. The first-order valence-corrected chi connectivity index (χ1v) is 7.26. The summed E-state index contributed by atoms with van der Waals surface area (Å²) in [7, 11) is 1.60. The highest BCUT2D eigenvalue weighted by atomic mass is 16.5. The third-order valence-corrected chi connectivity index (χ3v) is 4.23. The first-order valence-electron chi connectivity index (χ1n) is 7.26. The Bertz CT molecular complexity index is 413. The fraction of sp³-hybridized carbons (Fsp3) is 0.625. The minimum absolute atomic E-state index is 0.265. The SMILES string of the molecule is CCC1CCCCC1C(=O)Cc1ccc(OC)nc1. The number of pyridine rings is 1. The summed E-state index contributed by atoms with van der Waals surface area (Å²) >= 11 is 0. The van der Waals surface area contributed by atoms with Crippen LogP contribution < -0.4 is 4.74 Å². The molecule has 3 heteroatoms. The van der Waals surface area contributed by atoms with Gasteiger partial charge in [0.25, 0.3) is 0 Å². The van der Waals surface area contributed by atoms with Gasteiger partial charge < -0.3 is 4.74 Å². The molecular formula is C16H23NO2. The lowest BCUT2D eigenvalue weighted by atomic mass is 9.74. The molecule has 1 aliphatic rings. The number of carbonyl (C=O) groups excluding carboxylic acids is 1. The Morgan fingerprint density at radius 1 is 1.37 bits per heavy atom. The molecule has 2 atom stereocenters. The summed E-state index contributed by atoms with van der Waals surface area (Å²) < 4.78 is 5.03. The second kappa shape index (κ2) is 6.69. The number of nitrogens with zero attached hydrogens (tertiary/aromatic N) is 1. The first kappa shape index (κ1) is 14.0. The van der Waals surface area contributed by atoms with Crippen molar-refractivity contribution in [3.05, 3.63) is 23.9 Å². The van der Waals surface area contributed by atoms with Crippen LogP contribution in [0.25, 0.3) is 0 Å². The van der Waals surface area contributed by atoms with E-state index in [4.69, 9.17) is 4.74 Å². The molecule has 0 radical (unpaired) electrons. The first-order chi connectivity index (χ1) is 9.24. The Morgan fingerprint density at radius 3 is 2.79 bits per heavy atom. The quantitative estimate of drug-likeness (QED) is 0.815. The standard InChI is InChI=1S/C16H23NO2/c1-3-13-6-4-5-7-14(13)15(18)10-12-8-9-16(19-2)17-11-12/h8-9,11,13-14H,3-7,10H2,1-2H3. The number of hydrogen-bond donors (Lipinski definition) is 0. The zero-order chi connectivity index (χ0) is 13.7. The van der Waals surface area contributed by atoms with Crippen molar-refractivity contribution in [2.45, 2.75) is 45.4 Å². The van der Waals surface area contributed by atoms with Crippen LogP contribution >= 0.6 is 0 Å². The second-order valence-corrected chi connectivity index (χ2v) is 5.41. The molecule has 104 valence electrons. The molecule has 2 rings (SSSR count). The fourth-order valence-corrected chi connectivity index (χ4v) is 3.09. The van der Waals surface area contributed by atoms with Crippen molar-refractivity contribution >= 4 is 5.78 Å². The summed E-state index contributed by atoms with van der Waals surface area (Å²) in [5.41, 5.74) is 0.992. The van der Waals surface area contributed by atoms with Crippen molar-refractivity contribution < 1.29 is 9.53 Å². The smallest absolute Gasteiger partial charge is 0.212 e. The topological polar surface area (TPSA) is 39.2 Å². The summed E-state index contributed by atoms with van der Waals surface area (Å²) in [4.78, 5) is 16.6. The van der Waals surface area contributed by atoms with Crippen molar-refractivity contribution in [2.24, 2.45) is 11.8 Å². The summed E-state index contributed by atoms with van der Waals surface area (Å²) in [5.74, 6) is 1.84. The highest BCUT2D eigenvalue weighted by Gasteiger charge is 2.29. The van der Waals surface area contributed by atoms with Crippen LogP contribution in [0.5, 0.6) is 5.88 Å². The maximum atomic E-state index is 12.4. The molecule has 0 aromatic carbocycles. The molecule has 0 aliphatic heterocycles. The van der Waals surface area contributed by atoms with E-state index in [2.05, 4.69) is 11.9 Å². The average Bonchev–Trinajstić information content (AvgIpc) is 2.48. The lowest BCUT2D eigenvalue weighted by molar-refractivity contribution is -0.125. The van der Waals surface area contributed by atoms with Gasteiger partial charge in [0.1, 0.15) is 5.78 Å². The molecule has 1 heterocycles. The van der Waals surface area contributed by atoms with Gasteiger partial charge in [0.05, 0.1) is 7.11 Å². The minimum atomic E-state index is 0.265. The third-order valence-electron chi connectivity index (χ3n) is 4.23. The van der Waals surface area contributed by atoms with Gasteiger partial charge in [0.15, 0.2) is 0 Å². The van der Waals surface area contributed by atoms with Gasteiger partial charge in [-0.25, -0.2) is 4.98 Å². The Balaban J connectivity index is 1.98. The Hall–Kier alpha value is -1.38. The number of ether oxygens (including phenoxy) is 1. The van der Waals surface area contributed by atoms with Crippen LogP contribution in [0.4, 0.5) is 0 Å². The molecule has 3 nitrogen and oxygen atoms in total. The normalized spacial score (nSPS) is 23.1.